The zero-order valence-corrected chi connectivity index (χ0v) is 15.4. The highest BCUT2D eigenvalue weighted by Gasteiger charge is 2.19. The lowest BCUT2D eigenvalue weighted by atomic mass is 10.1. The number of ether oxygens (including phenoxy) is 1. The van der Waals surface area contributed by atoms with E-state index in [-0.39, 0.29) is 11.5 Å². The number of carbonyl (C=O) groups excluding carboxylic acids is 1. The van der Waals surface area contributed by atoms with Gasteiger partial charge in [-0.2, -0.15) is 8.78 Å². The lowest BCUT2D eigenvalue weighted by Gasteiger charge is -2.10. The van der Waals surface area contributed by atoms with Gasteiger partial charge in [0, 0.05) is 16.5 Å². The first-order chi connectivity index (χ1) is 13.5. The second-order valence-electron chi connectivity index (χ2n) is 5.99. The summed E-state index contributed by atoms with van der Waals surface area (Å²) in [6.07, 6.45) is 0. The monoisotopic (exact) mass is 400 g/mol. The van der Waals surface area contributed by atoms with E-state index in [2.05, 4.69) is 24.9 Å². The van der Waals surface area contributed by atoms with E-state index in [4.69, 9.17) is 0 Å². The molecule has 1 atom stereocenters. The number of alkyl halides is 2. The van der Waals surface area contributed by atoms with Crippen LogP contribution < -0.4 is 4.74 Å². The number of benzene rings is 2. The third kappa shape index (κ3) is 3.65. The largest absolute Gasteiger partial charge is 0.435 e. The topological polar surface area (TPSA) is 80.8 Å². The molecule has 142 valence electrons. The number of hydrogen-bond donors (Lipinski definition) is 1. The van der Waals surface area contributed by atoms with Crippen LogP contribution in [-0.2, 0) is 0 Å². The number of H-pyrrole nitrogens is 1. The third-order valence-corrected chi connectivity index (χ3v) is 5.07. The minimum absolute atomic E-state index is 0.00338. The van der Waals surface area contributed by atoms with Gasteiger partial charge < -0.3 is 9.72 Å². The molecule has 0 spiro atoms. The summed E-state index contributed by atoms with van der Waals surface area (Å²) < 4.78 is 28.7. The highest BCUT2D eigenvalue weighted by atomic mass is 32.2. The van der Waals surface area contributed by atoms with Crippen molar-refractivity contribution < 1.29 is 18.3 Å². The van der Waals surface area contributed by atoms with E-state index in [0.29, 0.717) is 21.9 Å². The van der Waals surface area contributed by atoms with Crippen molar-refractivity contribution in [3.8, 4) is 5.75 Å². The fraction of sp³-hybridized carbons (Fsp3) is 0.158. The molecule has 2 aromatic carbocycles. The average Bonchev–Trinajstić information content (AvgIpc) is 3.05. The van der Waals surface area contributed by atoms with Crippen molar-refractivity contribution in [2.24, 2.45) is 0 Å². The van der Waals surface area contributed by atoms with Gasteiger partial charge in [0.1, 0.15) is 11.3 Å². The van der Waals surface area contributed by atoms with E-state index in [1.54, 1.807) is 6.92 Å². The molecular weight excluding hydrogens is 386 g/mol. The van der Waals surface area contributed by atoms with Crippen LogP contribution in [0.15, 0.2) is 53.7 Å². The Labute approximate surface area is 162 Å². The van der Waals surface area contributed by atoms with Gasteiger partial charge in [-0.1, -0.05) is 30.0 Å². The highest BCUT2D eigenvalue weighted by molar-refractivity contribution is 8.00. The van der Waals surface area contributed by atoms with Gasteiger partial charge in [-0.15, -0.1) is 10.2 Å². The lowest BCUT2D eigenvalue weighted by molar-refractivity contribution is -0.0498. The van der Waals surface area contributed by atoms with Gasteiger partial charge in [0.15, 0.2) is 11.4 Å². The zero-order chi connectivity index (χ0) is 19.7. The molecule has 0 radical (unpaired) electrons. The Morgan fingerprint density at radius 1 is 1.11 bits per heavy atom. The molecule has 0 amide bonds. The molecule has 1 N–H and O–H groups in total. The number of Topliss-reactive ketones (excluding diaryl/α,β-unsaturated/α-hetero) is 1. The maximum absolute atomic E-state index is 12.6. The quantitative estimate of drug-likeness (QED) is 0.380. The molecule has 4 aromatic rings. The minimum atomic E-state index is -2.90. The van der Waals surface area contributed by atoms with Crippen LogP contribution in [-0.4, -0.2) is 37.8 Å². The van der Waals surface area contributed by atoms with Crippen LogP contribution in [0.1, 0.15) is 17.3 Å². The predicted molar refractivity (Wildman–Crippen MR) is 102 cm³/mol. The van der Waals surface area contributed by atoms with E-state index < -0.39 is 11.9 Å². The third-order valence-electron chi connectivity index (χ3n) is 4.12. The Morgan fingerprint density at radius 2 is 1.86 bits per heavy atom. The molecule has 0 aliphatic heterocycles. The van der Waals surface area contributed by atoms with Crippen molar-refractivity contribution in [3.63, 3.8) is 0 Å². The standard InChI is InChI=1S/C19H14F2N4O2S/c1-10(16(26)11-6-8-12(9-7-11)27-18(20)21)28-19-23-17-15(24-25-19)13-4-2-3-5-14(13)22-17/h2-10,18H,1H3,(H,22,23,25)/t10-/m0/s1. The molecule has 4 rings (SSSR count). The first-order valence-corrected chi connectivity index (χ1v) is 9.26. The Bertz CT molecular complexity index is 1150. The number of hydrogen-bond acceptors (Lipinski definition) is 6. The molecule has 9 heteroatoms. The van der Waals surface area contributed by atoms with Gasteiger partial charge >= 0.3 is 6.61 Å². The Kier molecular flexibility index (Phi) is 4.91. The summed E-state index contributed by atoms with van der Waals surface area (Å²) in [6.45, 7) is -1.17. The van der Waals surface area contributed by atoms with Gasteiger partial charge in [-0.25, -0.2) is 4.98 Å². The molecule has 0 bridgehead atoms. The van der Waals surface area contributed by atoms with Crippen molar-refractivity contribution in [2.75, 3.05) is 0 Å². The van der Waals surface area contributed by atoms with Crippen LogP contribution in [0.4, 0.5) is 8.78 Å². The van der Waals surface area contributed by atoms with Gasteiger partial charge in [-0.05, 0) is 37.3 Å². The van der Waals surface area contributed by atoms with Crippen molar-refractivity contribution in [1.82, 2.24) is 20.2 Å². The number of rotatable bonds is 6. The molecule has 2 aromatic heterocycles. The number of fused-ring (bicyclic) bond motifs is 3. The van der Waals surface area contributed by atoms with E-state index in [1.807, 2.05) is 24.3 Å². The molecule has 0 saturated heterocycles. The summed E-state index contributed by atoms with van der Waals surface area (Å²) in [5.41, 5.74) is 2.58. The highest BCUT2D eigenvalue weighted by Crippen LogP contribution is 2.26. The number of aromatic nitrogens is 4. The van der Waals surface area contributed by atoms with Crippen LogP contribution in [0, 0.1) is 0 Å². The van der Waals surface area contributed by atoms with Crippen molar-refractivity contribution in [2.45, 2.75) is 23.9 Å². The molecule has 0 fully saturated rings. The second kappa shape index (κ2) is 7.51. The molecule has 0 unspecified atom stereocenters. The Morgan fingerprint density at radius 3 is 2.61 bits per heavy atom. The van der Waals surface area contributed by atoms with Crippen molar-refractivity contribution in [1.29, 1.82) is 0 Å². The maximum atomic E-state index is 12.6. The minimum Gasteiger partial charge on any atom is -0.435 e. The second-order valence-corrected chi connectivity index (χ2v) is 7.30. The Hall–Kier alpha value is -3.07. The number of aromatic amines is 1. The van der Waals surface area contributed by atoms with E-state index in [0.717, 1.165) is 10.9 Å². The molecule has 0 saturated carbocycles. The maximum Gasteiger partial charge on any atom is 0.387 e. The summed E-state index contributed by atoms with van der Waals surface area (Å²) in [7, 11) is 0. The van der Waals surface area contributed by atoms with Crippen molar-refractivity contribution >= 4 is 39.6 Å². The van der Waals surface area contributed by atoms with E-state index >= 15 is 0 Å². The molecule has 6 nitrogen and oxygen atoms in total. The fourth-order valence-electron chi connectivity index (χ4n) is 2.80. The number of para-hydroxylation sites is 1. The molecule has 2 heterocycles. The van der Waals surface area contributed by atoms with Crippen LogP contribution in [0.2, 0.25) is 0 Å². The molecular formula is C19H14F2N4O2S. The van der Waals surface area contributed by atoms with Crippen LogP contribution >= 0.6 is 11.8 Å². The summed E-state index contributed by atoms with van der Waals surface area (Å²) in [6, 6.07) is 13.3. The molecule has 0 aliphatic rings. The number of thioether (sulfide) groups is 1. The van der Waals surface area contributed by atoms with Crippen LogP contribution in [0.5, 0.6) is 5.75 Å². The molecule has 0 aliphatic carbocycles. The average molecular weight is 400 g/mol. The lowest BCUT2D eigenvalue weighted by Crippen LogP contribution is -2.14. The first-order valence-electron chi connectivity index (χ1n) is 8.38. The summed E-state index contributed by atoms with van der Waals surface area (Å²) in [5, 5.41) is 9.17. The zero-order valence-electron chi connectivity index (χ0n) is 14.6. The number of nitrogens with one attached hydrogen (secondary N) is 1. The van der Waals surface area contributed by atoms with Crippen LogP contribution in [0.3, 0.4) is 0 Å². The van der Waals surface area contributed by atoms with Gasteiger partial charge in [0.2, 0.25) is 5.16 Å². The number of halogens is 2. The number of ketones is 1. The SMILES string of the molecule is C[C@H](Sc1nnc2c(n1)[nH]c1ccccc12)C(=O)c1ccc(OC(F)F)cc1. The fourth-order valence-corrected chi connectivity index (χ4v) is 3.59. The predicted octanol–water partition coefficient (Wildman–Crippen LogP) is 4.47. The molecule has 28 heavy (non-hydrogen) atoms. The number of carbonyl (C=O) groups is 1. The summed E-state index contributed by atoms with van der Waals surface area (Å²) >= 11 is 1.18. The summed E-state index contributed by atoms with van der Waals surface area (Å²) in [5.74, 6) is -0.169. The van der Waals surface area contributed by atoms with Gasteiger partial charge in [0.25, 0.3) is 0 Å². The van der Waals surface area contributed by atoms with E-state index in [1.165, 1.54) is 36.0 Å². The van der Waals surface area contributed by atoms with Gasteiger partial charge in [-0.3, -0.25) is 4.79 Å². The first kappa shape index (κ1) is 18.3. The smallest absolute Gasteiger partial charge is 0.387 e. The van der Waals surface area contributed by atoms with Crippen molar-refractivity contribution in [3.05, 3.63) is 54.1 Å². The summed E-state index contributed by atoms with van der Waals surface area (Å²) in [4.78, 5) is 20.2. The Balaban J connectivity index is 1.51. The van der Waals surface area contributed by atoms with Gasteiger partial charge in [0.05, 0.1) is 5.25 Å². The number of nitrogens with zero attached hydrogens (tertiary/aromatic N) is 3. The van der Waals surface area contributed by atoms with Crippen LogP contribution in [0.25, 0.3) is 22.1 Å². The normalized spacial score (nSPS) is 12.6. The van der Waals surface area contributed by atoms with E-state index in [9.17, 15) is 13.6 Å².